The highest BCUT2D eigenvalue weighted by Gasteiger charge is 2.29. The van der Waals surface area contributed by atoms with Crippen LogP contribution in [-0.2, 0) is 9.47 Å². The summed E-state index contributed by atoms with van der Waals surface area (Å²) >= 11 is 0. The first-order valence-electron chi connectivity index (χ1n) is 3.46. The summed E-state index contributed by atoms with van der Waals surface area (Å²) in [6.45, 7) is 2.27. The van der Waals surface area contributed by atoms with Gasteiger partial charge >= 0.3 is 0 Å². The van der Waals surface area contributed by atoms with Gasteiger partial charge < -0.3 is 9.47 Å². The molecule has 0 bridgehead atoms. The number of rotatable bonds is 5. The average molecular weight is 168 g/mol. The first-order chi connectivity index (χ1) is 4.98. The normalized spacial score (nSPS) is 12.5. The number of ether oxygens (including phenoxy) is 2. The van der Waals surface area contributed by atoms with Gasteiger partial charge in [-0.1, -0.05) is 0 Å². The monoisotopic (exact) mass is 168 g/mol. The largest absolute Gasteiger partial charge is 0.378 e. The Bertz CT molecular complexity index is 105. The Hall–Kier alpha value is -0.220. The van der Waals surface area contributed by atoms with Gasteiger partial charge in [0, 0.05) is 7.11 Å². The van der Waals surface area contributed by atoms with Crippen molar-refractivity contribution in [2.45, 2.75) is 25.9 Å². The summed E-state index contributed by atoms with van der Waals surface area (Å²) in [4.78, 5) is 0. The zero-order valence-corrected chi connectivity index (χ0v) is 7.06. The molecule has 0 aliphatic carbocycles. The molecule has 0 spiro atoms. The fourth-order valence-electron chi connectivity index (χ4n) is 0.541. The van der Waals surface area contributed by atoms with Gasteiger partial charge in [0.05, 0.1) is 6.10 Å². The van der Waals surface area contributed by atoms with Crippen molar-refractivity contribution >= 4 is 0 Å². The fourth-order valence-corrected chi connectivity index (χ4v) is 0.541. The Morgan fingerprint density at radius 3 is 2.18 bits per heavy atom. The molecular weight excluding hydrogens is 154 g/mol. The van der Waals surface area contributed by atoms with Crippen molar-refractivity contribution in [1.29, 1.82) is 0 Å². The Balaban J connectivity index is 3.54. The molecule has 0 radical (unpaired) electrons. The third-order valence-electron chi connectivity index (χ3n) is 0.983. The molecule has 0 N–H and O–H groups in total. The second-order valence-corrected chi connectivity index (χ2v) is 2.65. The maximum atomic E-state index is 12.5. The van der Waals surface area contributed by atoms with E-state index in [2.05, 4.69) is 4.74 Å². The van der Waals surface area contributed by atoms with Gasteiger partial charge in [0.25, 0.3) is 5.92 Å². The molecule has 11 heavy (non-hydrogen) atoms. The molecule has 0 atom stereocenters. The van der Waals surface area contributed by atoms with Gasteiger partial charge in [-0.3, -0.25) is 0 Å². The summed E-state index contributed by atoms with van der Waals surface area (Å²) < 4.78 is 34.1. The van der Waals surface area contributed by atoms with Gasteiger partial charge in [-0.2, -0.15) is 0 Å². The second kappa shape index (κ2) is 4.62. The van der Waals surface area contributed by atoms with E-state index >= 15 is 0 Å². The molecular formula is C7H14F2O2. The summed E-state index contributed by atoms with van der Waals surface area (Å²) in [5, 5.41) is 0. The third-order valence-corrected chi connectivity index (χ3v) is 0.983. The van der Waals surface area contributed by atoms with Crippen LogP contribution in [0.25, 0.3) is 0 Å². The van der Waals surface area contributed by atoms with E-state index in [0.717, 1.165) is 0 Å². The molecule has 0 aromatic rings. The molecule has 68 valence electrons. The first-order valence-corrected chi connectivity index (χ1v) is 3.46. The standard InChI is InChI=1S/C7H14F2O2/c1-6(2)11-5-7(8,9)4-10-3/h6H,4-5H2,1-3H3. The van der Waals surface area contributed by atoms with Crippen LogP contribution in [0.4, 0.5) is 8.78 Å². The molecule has 0 unspecified atom stereocenters. The minimum absolute atomic E-state index is 0.169. The van der Waals surface area contributed by atoms with Crippen molar-refractivity contribution in [3.8, 4) is 0 Å². The van der Waals surface area contributed by atoms with Crippen LogP contribution in [0.1, 0.15) is 13.8 Å². The maximum absolute atomic E-state index is 12.5. The number of methoxy groups -OCH3 is 1. The smallest absolute Gasteiger partial charge is 0.293 e. The highest BCUT2D eigenvalue weighted by molar-refractivity contribution is 4.63. The van der Waals surface area contributed by atoms with Crippen LogP contribution in [-0.4, -0.2) is 32.4 Å². The minimum atomic E-state index is -2.86. The lowest BCUT2D eigenvalue weighted by atomic mass is 10.4. The average Bonchev–Trinajstić information content (AvgIpc) is 1.84. The van der Waals surface area contributed by atoms with Crippen molar-refractivity contribution in [3.05, 3.63) is 0 Å². The summed E-state index contributed by atoms with van der Waals surface area (Å²) in [6.07, 6.45) is -0.169. The van der Waals surface area contributed by atoms with E-state index in [1.807, 2.05) is 0 Å². The Morgan fingerprint density at radius 1 is 1.27 bits per heavy atom. The summed E-state index contributed by atoms with van der Waals surface area (Å²) in [5.74, 6) is -2.86. The SMILES string of the molecule is COCC(F)(F)COC(C)C. The molecule has 0 saturated heterocycles. The zero-order chi connectivity index (χ0) is 8.91. The zero-order valence-electron chi connectivity index (χ0n) is 7.06. The molecule has 2 nitrogen and oxygen atoms in total. The lowest BCUT2D eigenvalue weighted by Gasteiger charge is -2.16. The molecule has 0 heterocycles. The number of alkyl halides is 2. The van der Waals surface area contributed by atoms with E-state index in [0.29, 0.717) is 0 Å². The van der Waals surface area contributed by atoms with Gasteiger partial charge in [0.15, 0.2) is 0 Å². The van der Waals surface area contributed by atoms with Gasteiger partial charge in [0.1, 0.15) is 13.2 Å². The van der Waals surface area contributed by atoms with E-state index in [4.69, 9.17) is 4.74 Å². The van der Waals surface area contributed by atoms with Crippen LogP contribution in [0.2, 0.25) is 0 Å². The van der Waals surface area contributed by atoms with Crippen LogP contribution >= 0.6 is 0 Å². The van der Waals surface area contributed by atoms with Crippen molar-refractivity contribution < 1.29 is 18.3 Å². The summed E-state index contributed by atoms with van der Waals surface area (Å²) in [7, 11) is 1.24. The predicted molar refractivity (Wildman–Crippen MR) is 37.9 cm³/mol. The Morgan fingerprint density at radius 2 is 1.82 bits per heavy atom. The lowest BCUT2D eigenvalue weighted by molar-refractivity contribution is -0.126. The fraction of sp³-hybridized carbons (Fsp3) is 1.00. The second-order valence-electron chi connectivity index (χ2n) is 2.65. The maximum Gasteiger partial charge on any atom is 0.293 e. The molecule has 0 fully saturated rings. The van der Waals surface area contributed by atoms with Gasteiger partial charge in [0.2, 0.25) is 0 Å². The van der Waals surface area contributed by atoms with Crippen LogP contribution in [0.5, 0.6) is 0 Å². The number of hydrogen-bond donors (Lipinski definition) is 0. The Labute approximate surface area is 65.5 Å². The molecule has 0 aromatic heterocycles. The molecule has 4 heteroatoms. The highest BCUT2D eigenvalue weighted by Crippen LogP contribution is 2.14. The van der Waals surface area contributed by atoms with Gasteiger partial charge in [-0.25, -0.2) is 8.78 Å². The van der Waals surface area contributed by atoms with E-state index < -0.39 is 19.1 Å². The first kappa shape index (κ1) is 10.8. The van der Waals surface area contributed by atoms with E-state index in [-0.39, 0.29) is 6.10 Å². The minimum Gasteiger partial charge on any atom is -0.378 e. The topological polar surface area (TPSA) is 18.5 Å². The molecule has 0 aromatic carbocycles. The quantitative estimate of drug-likeness (QED) is 0.622. The molecule has 0 rings (SSSR count). The molecule has 0 aliphatic rings. The Kier molecular flexibility index (Phi) is 4.52. The van der Waals surface area contributed by atoms with E-state index in [1.165, 1.54) is 7.11 Å². The molecule has 0 amide bonds. The van der Waals surface area contributed by atoms with Crippen molar-refractivity contribution in [2.24, 2.45) is 0 Å². The molecule has 0 aliphatic heterocycles. The van der Waals surface area contributed by atoms with Gasteiger partial charge in [-0.15, -0.1) is 0 Å². The lowest BCUT2D eigenvalue weighted by Crippen LogP contribution is -2.30. The predicted octanol–water partition coefficient (Wildman–Crippen LogP) is 1.69. The van der Waals surface area contributed by atoms with E-state index in [9.17, 15) is 8.78 Å². The third kappa shape index (κ3) is 6.19. The van der Waals surface area contributed by atoms with Crippen molar-refractivity contribution in [1.82, 2.24) is 0 Å². The van der Waals surface area contributed by atoms with E-state index in [1.54, 1.807) is 13.8 Å². The number of hydrogen-bond acceptors (Lipinski definition) is 2. The van der Waals surface area contributed by atoms with Crippen molar-refractivity contribution in [2.75, 3.05) is 20.3 Å². The number of halogens is 2. The van der Waals surface area contributed by atoms with Crippen LogP contribution in [0.3, 0.4) is 0 Å². The molecule has 0 saturated carbocycles. The summed E-state index contributed by atoms with van der Waals surface area (Å²) in [6, 6.07) is 0. The van der Waals surface area contributed by atoms with Crippen molar-refractivity contribution in [3.63, 3.8) is 0 Å². The highest BCUT2D eigenvalue weighted by atomic mass is 19.3. The van der Waals surface area contributed by atoms with Crippen LogP contribution < -0.4 is 0 Å². The van der Waals surface area contributed by atoms with Crippen LogP contribution in [0, 0.1) is 0 Å². The summed E-state index contributed by atoms with van der Waals surface area (Å²) in [5.41, 5.74) is 0. The van der Waals surface area contributed by atoms with Gasteiger partial charge in [-0.05, 0) is 13.8 Å². The van der Waals surface area contributed by atoms with Crippen LogP contribution in [0.15, 0.2) is 0 Å².